The number of nitrogens with zero attached hydrogens (tertiary/aromatic N) is 1. The van der Waals surface area contributed by atoms with Crippen molar-refractivity contribution in [1.82, 2.24) is 10.2 Å². The molecule has 1 atom stereocenters. The minimum atomic E-state index is -0.861. The molecule has 0 aromatic rings. The number of rotatable bonds is 8. The van der Waals surface area contributed by atoms with Crippen molar-refractivity contribution in [2.45, 2.75) is 64.5 Å². The van der Waals surface area contributed by atoms with E-state index in [0.29, 0.717) is 6.54 Å². The molecule has 0 aromatic heterocycles. The topological polar surface area (TPSA) is 69.6 Å². The highest BCUT2D eigenvalue weighted by atomic mass is 16.4. The third kappa shape index (κ3) is 5.19. The van der Waals surface area contributed by atoms with Gasteiger partial charge >= 0.3 is 5.97 Å². The van der Waals surface area contributed by atoms with E-state index in [1.165, 1.54) is 0 Å². The van der Waals surface area contributed by atoms with Crippen molar-refractivity contribution in [3.8, 4) is 0 Å². The molecule has 5 nitrogen and oxygen atoms in total. The summed E-state index contributed by atoms with van der Waals surface area (Å²) in [6.07, 6.45) is 6.26. The molecule has 110 valence electrons. The number of carboxylic acids is 1. The van der Waals surface area contributed by atoms with Crippen molar-refractivity contribution in [3.05, 3.63) is 0 Å². The van der Waals surface area contributed by atoms with Crippen LogP contribution in [-0.4, -0.2) is 47.1 Å². The highest BCUT2D eigenvalue weighted by molar-refractivity contribution is 5.82. The van der Waals surface area contributed by atoms with Crippen LogP contribution in [-0.2, 0) is 9.59 Å². The second-order valence-corrected chi connectivity index (χ2v) is 5.32. The number of hydrogen-bond acceptors (Lipinski definition) is 3. The summed E-state index contributed by atoms with van der Waals surface area (Å²) in [5.74, 6) is -0.915. The highest BCUT2D eigenvalue weighted by Crippen LogP contribution is 2.25. The molecule has 1 rings (SSSR count). The summed E-state index contributed by atoms with van der Waals surface area (Å²) in [4.78, 5) is 24.9. The monoisotopic (exact) mass is 270 g/mol. The van der Waals surface area contributed by atoms with Gasteiger partial charge in [0.2, 0.25) is 5.91 Å². The fourth-order valence-electron chi connectivity index (χ4n) is 2.66. The first kappa shape index (κ1) is 16.0. The molecule has 0 aromatic carbocycles. The molecule has 2 N–H and O–H groups in total. The van der Waals surface area contributed by atoms with Gasteiger partial charge in [-0.3, -0.25) is 14.5 Å². The van der Waals surface area contributed by atoms with Crippen LogP contribution >= 0.6 is 0 Å². The average Bonchev–Trinajstić information content (AvgIpc) is 2.88. The first-order valence-electron chi connectivity index (χ1n) is 7.31. The molecule has 0 aliphatic heterocycles. The highest BCUT2D eigenvalue weighted by Gasteiger charge is 2.31. The Kier molecular flexibility index (Phi) is 6.84. The van der Waals surface area contributed by atoms with Crippen molar-refractivity contribution in [3.63, 3.8) is 0 Å². The third-order valence-corrected chi connectivity index (χ3v) is 3.82. The number of carbonyl (C=O) groups is 2. The Morgan fingerprint density at radius 1 is 1.37 bits per heavy atom. The molecule has 1 aliphatic carbocycles. The van der Waals surface area contributed by atoms with Crippen LogP contribution in [0, 0.1) is 0 Å². The van der Waals surface area contributed by atoms with Crippen LogP contribution in [0.15, 0.2) is 0 Å². The molecule has 5 heteroatoms. The lowest BCUT2D eigenvalue weighted by Crippen LogP contribution is -2.51. The summed E-state index contributed by atoms with van der Waals surface area (Å²) in [5, 5.41) is 11.9. The van der Waals surface area contributed by atoms with Crippen molar-refractivity contribution in [1.29, 1.82) is 0 Å². The van der Waals surface area contributed by atoms with E-state index in [2.05, 4.69) is 12.2 Å². The Labute approximate surface area is 115 Å². The van der Waals surface area contributed by atoms with Crippen molar-refractivity contribution in [2.24, 2.45) is 0 Å². The minimum absolute atomic E-state index is 0.0486. The summed E-state index contributed by atoms with van der Waals surface area (Å²) in [6.45, 7) is 4.51. The predicted octanol–water partition coefficient (Wildman–Crippen LogP) is 1.62. The smallest absolute Gasteiger partial charge is 0.317 e. The molecule has 1 aliphatic rings. The van der Waals surface area contributed by atoms with E-state index in [4.69, 9.17) is 5.11 Å². The number of carbonyl (C=O) groups excluding carboxylic acids is 1. The Morgan fingerprint density at radius 2 is 2.00 bits per heavy atom. The quantitative estimate of drug-likeness (QED) is 0.658. The number of nitrogens with one attached hydrogen (secondary N) is 1. The Bertz CT molecular complexity index is 301. The molecule has 19 heavy (non-hydrogen) atoms. The zero-order chi connectivity index (χ0) is 14.3. The summed E-state index contributed by atoms with van der Waals surface area (Å²) in [6, 6.07) is -0.126. The average molecular weight is 270 g/mol. The summed E-state index contributed by atoms with van der Waals surface area (Å²) < 4.78 is 0. The number of carboxylic acid groups (broad SMARTS) is 1. The van der Waals surface area contributed by atoms with Crippen LogP contribution in [0.5, 0.6) is 0 Å². The van der Waals surface area contributed by atoms with Gasteiger partial charge in [-0.2, -0.15) is 0 Å². The van der Waals surface area contributed by atoms with Crippen LogP contribution < -0.4 is 5.32 Å². The zero-order valence-electron chi connectivity index (χ0n) is 12.0. The second kappa shape index (κ2) is 8.15. The van der Waals surface area contributed by atoms with Crippen LogP contribution in [0.3, 0.4) is 0 Å². The fraction of sp³-hybridized carbons (Fsp3) is 0.857. The lowest BCUT2D eigenvalue weighted by molar-refractivity contribution is -0.140. The number of amides is 1. The van der Waals surface area contributed by atoms with Gasteiger partial charge in [-0.15, -0.1) is 0 Å². The first-order chi connectivity index (χ1) is 9.06. The van der Waals surface area contributed by atoms with Gasteiger partial charge in [0.05, 0.1) is 12.6 Å². The van der Waals surface area contributed by atoms with E-state index >= 15 is 0 Å². The van der Waals surface area contributed by atoms with Crippen molar-refractivity contribution in [2.75, 3.05) is 13.1 Å². The van der Waals surface area contributed by atoms with Gasteiger partial charge in [0.15, 0.2) is 0 Å². The summed E-state index contributed by atoms with van der Waals surface area (Å²) in [5.41, 5.74) is 0. The van der Waals surface area contributed by atoms with E-state index in [0.717, 1.165) is 38.5 Å². The Hall–Kier alpha value is -1.10. The van der Waals surface area contributed by atoms with Gasteiger partial charge in [0.1, 0.15) is 0 Å². The van der Waals surface area contributed by atoms with Gasteiger partial charge in [0, 0.05) is 12.6 Å². The Morgan fingerprint density at radius 3 is 2.53 bits per heavy atom. The molecule has 0 spiro atoms. The maximum atomic E-state index is 12.1. The molecular weight excluding hydrogens is 244 g/mol. The number of aliphatic carboxylic acids is 1. The maximum Gasteiger partial charge on any atom is 0.317 e. The van der Waals surface area contributed by atoms with Gasteiger partial charge in [-0.1, -0.05) is 26.2 Å². The molecule has 0 radical (unpaired) electrons. The van der Waals surface area contributed by atoms with E-state index in [1.807, 2.05) is 11.8 Å². The molecule has 0 saturated heterocycles. The normalized spacial score (nSPS) is 17.6. The van der Waals surface area contributed by atoms with Crippen LogP contribution in [0.2, 0.25) is 0 Å². The first-order valence-corrected chi connectivity index (χ1v) is 7.31. The van der Waals surface area contributed by atoms with Crippen molar-refractivity contribution >= 4 is 11.9 Å². The third-order valence-electron chi connectivity index (χ3n) is 3.82. The van der Waals surface area contributed by atoms with Crippen LogP contribution in [0.4, 0.5) is 0 Å². The van der Waals surface area contributed by atoms with Gasteiger partial charge in [-0.05, 0) is 26.2 Å². The summed E-state index contributed by atoms with van der Waals surface area (Å²) >= 11 is 0. The molecule has 0 bridgehead atoms. The standard InChI is InChI=1S/C14H26N2O3/c1-3-4-9-15-14(19)11(2)16(10-13(17)18)12-7-5-6-8-12/h11-12H,3-10H2,1-2H3,(H,15,19)(H,17,18). The zero-order valence-corrected chi connectivity index (χ0v) is 12.0. The molecule has 0 heterocycles. The van der Waals surface area contributed by atoms with E-state index in [-0.39, 0.29) is 24.5 Å². The van der Waals surface area contributed by atoms with Crippen molar-refractivity contribution < 1.29 is 14.7 Å². The largest absolute Gasteiger partial charge is 0.480 e. The van der Waals surface area contributed by atoms with E-state index < -0.39 is 5.97 Å². The molecular formula is C14H26N2O3. The summed E-state index contributed by atoms with van der Waals surface area (Å²) in [7, 11) is 0. The second-order valence-electron chi connectivity index (χ2n) is 5.32. The SMILES string of the molecule is CCCCNC(=O)C(C)N(CC(=O)O)C1CCCC1. The fourth-order valence-corrected chi connectivity index (χ4v) is 2.66. The molecule has 1 saturated carbocycles. The predicted molar refractivity (Wildman–Crippen MR) is 74.0 cm³/mol. The Balaban J connectivity index is 2.56. The molecule has 1 unspecified atom stereocenters. The molecule has 1 amide bonds. The maximum absolute atomic E-state index is 12.1. The van der Waals surface area contributed by atoms with Gasteiger partial charge in [-0.25, -0.2) is 0 Å². The lowest BCUT2D eigenvalue weighted by Gasteiger charge is -2.32. The lowest BCUT2D eigenvalue weighted by atomic mass is 10.1. The molecule has 1 fully saturated rings. The van der Waals surface area contributed by atoms with E-state index in [1.54, 1.807) is 0 Å². The van der Waals surface area contributed by atoms with Gasteiger partial charge in [0.25, 0.3) is 0 Å². The van der Waals surface area contributed by atoms with Gasteiger partial charge < -0.3 is 10.4 Å². The number of unbranched alkanes of at least 4 members (excludes halogenated alkanes) is 1. The number of hydrogen-bond donors (Lipinski definition) is 2. The minimum Gasteiger partial charge on any atom is -0.480 e. The van der Waals surface area contributed by atoms with Crippen LogP contribution in [0.1, 0.15) is 52.4 Å². The van der Waals surface area contributed by atoms with E-state index in [9.17, 15) is 9.59 Å². The van der Waals surface area contributed by atoms with Crippen LogP contribution in [0.25, 0.3) is 0 Å².